The van der Waals surface area contributed by atoms with Crippen molar-refractivity contribution in [1.29, 1.82) is 0 Å². The summed E-state index contributed by atoms with van der Waals surface area (Å²) < 4.78 is 4.80. The van der Waals surface area contributed by atoms with Gasteiger partial charge in [-0.05, 0) is 25.7 Å². The lowest BCUT2D eigenvalue weighted by Gasteiger charge is -2.30. The Labute approximate surface area is 125 Å². The van der Waals surface area contributed by atoms with Crippen molar-refractivity contribution < 1.29 is 9.53 Å². The van der Waals surface area contributed by atoms with E-state index in [1.807, 2.05) is 6.92 Å². The number of hydrogen-bond acceptors (Lipinski definition) is 5. The van der Waals surface area contributed by atoms with Crippen LogP contribution in [-0.2, 0) is 4.74 Å². The number of esters is 1. The molecule has 0 bridgehead atoms. The Kier molecular flexibility index (Phi) is 5.02. The number of anilines is 1. The van der Waals surface area contributed by atoms with E-state index in [1.54, 1.807) is 11.3 Å². The van der Waals surface area contributed by atoms with Crippen LogP contribution >= 0.6 is 11.3 Å². The van der Waals surface area contributed by atoms with Crippen molar-refractivity contribution in [3.63, 3.8) is 0 Å². The first kappa shape index (κ1) is 15.3. The molecule has 1 aliphatic carbocycles. The molecule has 112 valence electrons. The highest BCUT2D eigenvalue weighted by Crippen LogP contribution is 2.33. The van der Waals surface area contributed by atoms with Crippen LogP contribution in [0.25, 0.3) is 0 Å². The van der Waals surface area contributed by atoms with Gasteiger partial charge in [-0.1, -0.05) is 26.7 Å². The fraction of sp³-hybridized carbons (Fsp3) is 0.733. The molecule has 1 aromatic rings. The largest absolute Gasteiger partial charge is 0.464 e. The van der Waals surface area contributed by atoms with E-state index in [1.165, 1.54) is 32.8 Å². The Bertz CT molecular complexity index is 464. The van der Waals surface area contributed by atoms with Crippen LogP contribution in [0, 0.1) is 12.8 Å². The van der Waals surface area contributed by atoms with Crippen LogP contribution in [-0.4, -0.2) is 30.6 Å². The van der Waals surface area contributed by atoms with Crippen molar-refractivity contribution in [3.05, 3.63) is 10.6 Å². The van der Waals surface area contributed by atoms with Gasteiger partial charge >= 0.3 is 5.97 Å². The first-order chi connectivity index (χ1) is 9.52. The number of aryl methyl sites for hydroxylation is 1. The average molecular weight is 296 g/mol. The zero-order chi connectivity index (χ0) is 14.7. The molecular weight excluding hydrogens is 272 g/mol. The van der Waals surface area contributed by atoms with E-state index in [0.29, 0.717) is 17.7 Å². The number of carbonyl (C=O) groups excluding carboxylic acids is 1. The van der Waals surface area contributed by atoms with Crippen molar-refractivity contribution in [2.45, 2.75) is 52.5 Å². The van der Waals surface area contributed by atoms with E-state index in [-0.39, 0.29) is 5.97 Å². The minimum absolute atomic E-state index is 0.332. The molecule has 0 amide bonds. The predicted octanol–water partition coefficient (Wildman–Crippen LogP) is 3.64. The summed E-state index contributed by atoms with van der Waals surface area (Å²) in [6.45, 7) is 7.39. The quantitative estimate of drug-likeness (QED) is 0.778. The van der Waals surface area contributed by atoms with Gasteiger partial charge < -0.3 is 9.64 Å². The van der Waals surface area contributed by atoms with Crippen LogP contribution in [0.5, 0.6) is 0 Å². The van der Waals surface area contributed by atoms with Crippen LogP contribution in [0.3, 0.4) is 0 Å². The van der Waals surface area contributed by atoms with Gasteiger partial charge in [-0.3, -0.25) is 0 Å². The van der Waals surface area contributed by atoms with Gasteiger partial charge in [-0.15, -0.1) is 11.3 Å². The lowest BCUT2D eigenvalue weighted by Crippen LogP contribution is -2.36. The van der Waals surface area contributed by atoms with Crippen molar-refractivity contribution in [3.8, 4) is 0 Å². The smallest absolute Gasteiger partial charge is 0.357 e. The molecule has 0 spiro atoms. The third-order valence-electron chi connectivity index (χ3n) is 3.74. The zero-order valence-electron chi connectivity index (χ0n) is 12.8. The molecule has 1 aliphatic rings. The minimum Gasteiger partial charge on any atom is -0.464 e. The SMILES string of the molecule is COC(=O)c1nc(N(CC(C)C)C2CCCC2)sc1C. The molecule has 0 N–H and O–H groups in total. The summed E-state index contributed by atoms with van der Waals surface area (Å²) in [5, 5.41) is 0.975. The lowest BCUT2D eigenvalue weighted by atomic mass is 10.1. The number of thiazole rings is 1. The third-order valence-corrected chi connectivity index (χ3v) is 4.74. The van der Waals surface area contributed by atoms with Gasteiger partial charge in [0, 0.05) is 17.5 Å². The number of hydrogen-bond donors (Lipinski definition) is 0. The van der Waals surface area contributed by atoms with Gasteiger partial charge in [-0.2, -0.15) is 0 Å². The van der Waals surface area contributed by atoms with Crippen LogP contribution in [0.1, 0.15) is 54.9 Å². The highest BCUT2D eigenvalue weighted by molar-refractivity contribution is 7.15. The number of rotatable bonds is 5. The second kappa shape index (κ2) is 6.57. The fourth-order valence-corrected chi connectivity index (χ4v) is 3.76. The molecule has 5 heteroatoms. The number of methoxy groups -OCH3 is 1. The van der Waals surface area contributed by atoms with E-state index >= 15 is 0 Å². The van der Waals surface area contributed by atoms with Crippen molar-refractivity contribution in [1.82, 2.24) is 4.98 Å². The molecule has 0 radical (unpaired) electrons. The van der Waals surface area contributed by atoms with Crippen molar-refractivity contribution in [2.75, 3.05) is 18.6 Å². The maximum Gasteiger partial charge on any atom is 0.357 e. The summed E-state index contributed by atoms with van der Waals surface area (Å²) in [6, 6.07) is 0.577. The van der Waals surface area contributed by atoms with Gasteiger partial charge in [0.25, 0.3) is 0 Å². The number of nitrogens with zero attached hydrogens (tertiary/aromatic N) is 2. The number of ether oxygens (including phenoxy) is 1. The molecule has 0 atom stereocenters. The normalized spacial score (nSPS) is 15.8. The van der Waals surface area contributed by atoms with E-state index in [0.717, 1.165) is 16.6 Å². The van der Waals surface area contributed by atoms with Gasteiger partial charge in [0.15, 0.2) is 10.8 Å². The summed E-state index contributed by atoms with van der Waals surface area (Å²) in [6.07, 6.45) is 5.07. The summed E-state index contributed by atoms with van der Waals surface area (Å²) in [5.74, 6) is 0.252. The molecule has 1 heterocycles. The maximum absolute atomic E-state index is 11.7. The monoisotopic (exact) mass is 296 g/mol. The van der Waals surface area contributed by atoms with Crippen molar-refractivity contribution >= 4 is 22.4 Å². The van der Waals surface area contributed by atoms with Crippen LogP contribution < -0.4 is 4.90 Å². The van der Waals surface area contributed by atoms with E-state index in [2.05, 4.69) is 23.7 Å². The maximum atomic E-state index is 11.7. The van der Waals surface area contributed by atoms with Gasteiger partial charge in [0.1, 0.15) is 0 Å². The molecule has 1 saturated carbocycles. The highest BCUT2D eigenvalue weighted by atomic mass is 32.1. The second-order valence-corrected chi connectivity index (χ2v) is 7.06. The fourth-order valence-electron chi connectivity index (χ4n) is 2.78. The zero-order valence-corrected chi connectivity index (χ0v) is 13.6. The summed E-state index contributed by atoms with van der Waals surface area (Å²) in [7, 11) is 1.41. The highest BCUT2D eigenvalue weighted by Gasteiger charge is 2.27. The molecular formula is C15H24N2O2S. The molecule has 2 rings (SSSR count). The molecule has 0 unspecified atom stereocenters. The Balaban J connectivity index is 2.26. The van der Waals surface area contributed by atoms with E-state index in [4.69, 9.17) is 4.74 Å². The standard InChI is InChI=1S/C15H24N2O2S/c1-10(2)9-17(12-7-5-6-8-12)15-16-13(11(3)20-15)14(18)19-4/h10,12H,5-9H2,1-4H3. The molecule has 1 aromatic heterocycles. The average Bonchev–Trinajstić information content (AvgIpc) is 3.04. The third kappa shape index (κ3) is 3.32. The molecule has 0 aromatic carbocycles. The molecule has 20 heavy (non-hydrogen) atoms. The van der Waals surface area contributed by atoms with Crippen LogP contribution in [0.15, 0.2) is 0 Å². The lowest BCUT2D eigenvalue weighted by molar-refractivity contribution is 0.0594. The van der Waals surface area contributed by atoms with Crippen LogP contribution in [0.2, 0.25) is 0 Å². The van der Waals surface area contributed by atoms with E-state index < -0.39 is 0 Å². The van der Waals surface area contributed by atoms with Crippen molar-refractivity contribution in [2.24, 2.45) is 5.92 Å². The molecule has 0 saturated heterocycles. The summed E-state index contributed by atoms with van der Waals surface area (Å²) >= 11 is 1.61. The second-order valence-electron chi connectivity index (χ2n) is 5.88. The first-order valence-electron chi connectivity index (χ1n) is 7.35. The molecule has 4 nitrogen and oxygen atoms in total. The summed E-state index contributed by atoms with van der Waals surface area (Å²) in [5.41, 5.74) is 0.472. The Morgan fingerprint density at radius 3 is 2.65 bits per heavy atom. The minimum atomic E-state index is -0.332. The van der Waals surface area contributed by atoms with E-state index in [9.17, 15) is 4.79 Å². The molecule has 1 fully saturated rings. The number of carbonyl (C=O) groups is 1. The van der Waals surface area contributed by atoms with Gasteiger partial charge in [-0.25, -0.2) is 9.78 Å². The van der Waals surface area contributed by atoms with Gasteiger partial charge in [0.2, 0.25) is 0 Å². The summed E-state index contributed by atoms with van der Waals surface area (Å²) in [4.78, 5) is 19.6. The topological polar surface area (TPSA) is 42.4 Å². The predicted molar refractivity (Wildman–Crippen MR) is 82.6 cm³/mol. The Morgan fingerprint density at radius 1 is 1.45 bits per heavy atom. The Hall–Kier alpha value is -1.10. The molecule has 0 aliphatic heterocycles. The van der Waals surface area contributed by atoms with Gasteiger partial charge in [0.05, 0.1) is 7.11 Å². The number of aromatic nitrogens is 1. The first-order valence-corrected chi connectivity index (χ1v) is 8.17. The van der Waals surface area contributed by atoms with Crippen LogP contribution in [0.4, 0.5) is 5.13 Å². The Morgan fingerprint density at radius 2 is 2.10 bits per heavy atom.